The second-order valence-electron chi connectivity index (χ2n) is 11.4. The number of amides is 3. The first kappa shape index (κ1) is 24.7. The summed E-state index contributed by atoms with van der Waals surface area (Å²) in [5, 5.41) is 0. The molecule has 2 heterocycles. The number of anilines is 2. The van der Waals surface area contributed by atoms with E-state index in [0.29, 0.717) is 5.69 Å². The van der Waals surface area contributed by atoms with E-state index in [1.807, 2.05) is 54.6 Å². The molecule has 0 N–H and O–H groups in total. The summed E-state index contributed by atoms with van der Waals surface area (Å²) in [6.07, 6.45) is 0.0593. The second kappa shape index (κ2) is 9.24. The van der Waals surface area contributed by atoms with E-state index in [1.165, 1.54) is 4.90 Å². The maximum absolute atomic E-state index is 14.1. The standard InChI is InChI=1S/C35H26N2O5/c38-28-17-20(19-36(28)21-9-2-1-3-10-21)35(41)42-23-12-8-11-22(18-23)37-33(39)31-29-24-13-4-5-14-25(24)30(32(31)34(37)40)27-16-7-6-15-26(27)29/h1-16,18,20,29-32H,17,19H2/t20-,29?,30?,31-,32+/m1/s1. The summed E-state index contributed by atoms with van der Waals surface area (Å²) in [6.45, 7) is 0.234. The van der Waals surface area contributed by atoms with Crippen molar-refractivity contribution < 1.29 is 23.9 Å². The Hall–Kier alpha value is -5.04. The van der Waals surface area contributed by atoms with Crippen LogP contribution in [0.25, 0.3) is 0 Å². The predicted molar refractivity (Wildman–Crippen MR) is 155 cm³/mol. The van der Waals surface area contributed by atoms with E-state index in [9.17, 15) is 19.2 Å². The van der Waals surface area contributed by atoms with E-state index in [4.69, 9.17) is 4.74 Å². The van der Waals surface area contributed by atoms with E-state index in [0.717, 1.165) is 27.9 Å². The van der Waals surface area contributed by atoms with Crippen molar-refractivity contribution in [2.75, 3.05) is 16.3 Å². The molecule has 2 aliphatic heterocycles. The topological polar surface area (TPSA) is 84.0 Å². The molecular weight excluding hydrogens is 528 g/mol. The molecule has 5 aliphatic rings. The van der Waals surface area contributed by atoms with Crippen LogP contribution in [-0.4, -0.2) is 30.2 Å². The van der Waals surface area contributed by atoms with Crippen molar-refractivity contribution in [1.29, 1.82) is 0 Å². The highest BCUT2D eigenvalue weighted by molar-refractivity contribution is 6.23. The molecule has 0 saturated carbocycles. The summed E-state index contributed by atoms with van der Waals surface area (Å²) in [7, 11) is 0. The number of nitrogens with zero attached hydrogens (tertiary/aromatic N) is 2. The second-order valence-corrected chi connectivity index (χ2v) is 11.4. The Morgan fingerprint density at radius 1 is 0.643 bits per heavy atom. The molecule has 7 heteroatoms. The molecule has 2 saturated heterocycles. The monoisotopic (exact) mass is 554 g/mol. The van der Waals surface area contributed by atoms with Crippen LogP contribution < -0.4 is 14.5 Å². The van der Waals surface area contributed by atoms with E-state index < -0.39 is 23.7 Å². The van der Waals surface area contributed by atoms with Gasteiger partial charge in [0.05, 0.1) is 23.4 Å². The fourth-order valence-corrected chi connectivity index (χ4v) is 7.54. The van der Waals surface area contributed by atoms with Gasteiger partial charge >= 0.3 is 5.97 Å². The predicted octanol–water partition coefficient (Wildman–Crippen LogP) is 5.04. The number of rotatable bonds is 4. The summed E-state index contributed by atoms with van der Waals surface area (Å²) in [4.78, 5) is 56.7. The molecular formula is C35H26N2O5. The smallest absolute Gasteiger partial charge is 0.316 e. The van der Waals surface area contributed by atoms with Crippen LogP contribution >= 0.6 is 0 Å². The number of hydrogen-bond donors (Lipinski definition) is 0. The van der Waals surface area contributed by atoms with Crippen molar-refractivity contribution in [1.82, 2.24) is 0 Å². The van der Waals surface area contributed by atoms with Crippen molar-refractivity contribution >= 4 is 35.1 Å². The van der Waals surface area contributed by atoms with E-state index in [2.05, 4.69) is 24.3 Å². The molecule has 2 bridgehead atoms. The van der Waals surface area contributed by atoms with Gasteiger partial charge in [-0.05, 0) is 46.5 Å². The summed E-state index contributed by atoms with van der Waals surface area (Å²) in [5.41, 5.74) is 5.58. The van der Waals surface area contributed by atoms with Crippen molar-refractivity contribution in [2.24, 2.45) is 17.8 Å². The Kier molecular flexibility index (Phi) is 5.44. The molecule has 0 spiro atoms. The minimum Gasteiger partial charge on any atom is -0.426 e. The van der Waals surface area contributed by atoms with Crippen molar-refractivity contribution in [2.45, 2.75) is 18.3 Å². The Morgan fingerprint density at radius 3 is 1.74 bits per heavy atom. The van der Waals surface area contributed by atoms with E-state index >= 15 is 0 Å². The summed E-state index contributed by atoms with van der Waals surface area (Å²) in [5.74, 6) is -2.87. The van der Waals surface area contributed by atoms with Gasteiger partial charge in [-0.25, -0.2) is 4.90 Å². The first-order chi connectivity index (χ1) is 20.5. The summed E-state index contributed by atoms with van der Waals surface area (Å²) in [6, 6.07) is 32.1. The van der Waals surface area contributed by atoms with Crippen LogP contribution in [0.3, 0.4) is 0 Å². The lowest BCUT2D eigenvalue weighted by atomic mass is 9.55. The lowest BCUT2D eigenvalue weighted by molar-refractivity contribution is -0.139. The molecule has 206 valence electrons. The molecule has 42 heavy (non-hydrogen) atoms. The average Bonchev–Trinajstić information content (AvgIpc) is 3.54. The number of benzene rings is 4. The fraction of sp³-hybridized carbons (Fsp3) is 0.200. The maximum Gasteiger partial charge on any atom is 0.316 e. The molecule has 2 fully saturated rings. The normalized spacial score (nSPS) is 25.3. The largest absolute Gasteiger partial charge is 0.426 e. The highest BCUT2D eigenvalue weighted by Crippen LogP contribution is 2.61. The van der Waals surface area contributed by atoms with Crippen molar-refractivity contribution in [3.05, 3.63) is 125 Å². The van der Waals surface area contributed by atoms with Gasteiger partial charge < -0.3 is 9.64 Å². The first-order valence-corrected chi connectivity index (χ1v) is 14.2. The van der Waals surface area contributed by atoms with Gasteiger partial charge in [-0.15, -0.1) is 0 Å². The molecule has 3 atom stereocenters. The third-order valence-electron chi connectivity index (χ3n) is 9.27. The average molecular weight is 555 g/mol. The van der Waals surface area contributed by atoms with Gasteiger partial charge in [-0.2, -0.15) is 0 Å². The first-order valence-electron chi connectivity index (χ1n) is 14.2. The van der Waals surface area contributed by atoms with Crippen LogP contribution in [0.2, 0.25) is 0 Å². The molecule has 4 aromatic carbocycles. The Labute approximate surface area is 242 Å². The molecule has 4 aromatic rings. The Morgan fingerprint density at radius 2 is 1.17 bits per heavy atom. The van der Waals surface area contributed by atoms with Crippen LogP contribution in [0.5, 0.6) is 5.75 Å². The number of carbonyl (C=O) groups excluding carboxylic acids is 4. The maximum atomic E-state index is 14.1. The number of hydrogen-bond acceptors (Lipinski definition) is 5. The van der Waals surface area contributed by atoms with Gasteiger partial charge in [0.2, 0.25) is 17.7 Å². The van der Waals surface area contributed by atoms with E-state index in [-0.39, 0.29) is 48.3 Å². The Balaban J connectivity index is 1.07. The number of para-hydroxylation sites is 1. The number of imide groups is 1. The van der Waals surface area contributed by atoms with Gasteiger partial charge in [0.15, 0.2) is 0 Å². The van der Waals surface area contributed by atoms with Crippen LogP contribution in [0.15, 0.2) is 103 Å². The molecule has 0 radical (unpaired) electrons. The minimum absolute atomic E-state index is 0.0593. The summed E-state index contributed by atoms with van der Waals surface area (Å²) >= 11 is 0. The number of esters is 1. The lowest BCUT2D eigenvalue weighted by Crippen LogP contribution is -2.41. The molecule has 3 amide bonds. The molecule has 3 aliphatic carbocycles. The fourth-order valence-electron chi connectivity index (χ4n) is 7.54. The zero-order chi connectivity index (χ0) is 28.5. The highest BCUT2D eigenvalue weighted by atomic mass is 16.5. The minimum atomic E-state index is -0.619. The quantitative estimate of drug-likeness (QED) is 0.201. The molecule has 9 rings (SSSR count). The molecule has 0 aromatic heterocycles. The van der Waals surface area contributed by atoms with Gasteiger partial charge in [0.25, 0.3) is 0 Å². The molecule has 7 nitrogen and oxygen atoms in total. The number of carbonyl (C=O) groups is 4. The van der Waals surface area contributed by atoms with Gasteiger partial charge in [0, 0.05) is 36.6 Å². The van der Waals surface area contributed by atoms with E-state index in [1.54, 1.807) is 29.2 Å². The van der Waals surface area contributed by atoms with Crippen LogP contribution in [-0.2, 0) is 19.2 Å². The van der Waals surface area contributed by atoms with Gasteiger partial charge in [0.1, 0.15) is 5.75 Å². The van der Waals surface area contributed by atoms with Crippen molar-refractivity contribution in [3.8, 4) is 5.75 Å². The SMILES string of the molecule is O=C(Oc1cccc(N2C(=O)[C@@H]3C4c5ccccc5C(c5ccccc54)[C@@H]3C2=O)c1)[C@@H]1CC(=O)N(c2ccccc2)C1. The van der Waals surface area contributed by atoms with Crippen LogP contribution in [0.4, 0.5) is 11.4 Å². The van der Waals surface area contributed by atoms with Gasteiger partial charge in [-0.3, -0.25) is 19.2 Å². The van der Waals surface area contributed by atoms with Crippen molar-refractivity contribution in [3.63, 3.8) is 0 Å². The molecule has 0 unspecified atom stereocenters. The van der Waals surface area contributed by atoms with Crippen LogP contribution in [0, 0.1) is 17.8 Å². The zero-order valence-electron chi connectivity index (χ0n) is 22.6. The zero-order valence-corrected chi connectivity index (χ0v) is 22.6. The highest BCUT2D eigenvalue weighted by Gasteiger charge is 2.61. The van der Waals surface area contributed by atoms with Crippen LogP contribution in [0.1, 0.15) is 40.5 Å². The van der Waals surface area contributed by atoms with Gasteiger partial charge in [-0.1, -0.05) is 72.8 Å². The number of ether oxygens (including phenoxy) is 1. The lowest BCUT2D eigenvalue weighted by Gasteiger charge is -2.45. The summed E-state index contributed by atoms with van der Waals surface area (Å²) < 4.78 is 5.71. The third kappa shape index (κ3) is 3.52. The Bertz CT molecular complexity index is 1680. The third-order valence-corrected chi connectivity index (χ3v) is 9.27.